The summed E-state index contributed by atoms with van der Waals surface area (Å²) in [6.45, 7) is 5.47. The van der Waals surface area contributed by atoms with E-state index in [1.165, 1.54) is 35.0 Å². The van der Waals surface area contributed by atoms with Gasteiger partial charge in [0.2, 0.25) is 21.7 Å². The largest absolute Gasteiger partial charge is 0.497 e. The molecule has 1 atom stereocenters. The Kier molecular flexibility index (Phi) is 8.68. The van der Waals surface area contributed by atoms with Gasteiger partial charge in [-0.05, 0) is 66.8 Å². The molecule has 210 valence electrons. The van der Waals surface area contributed by atoms with Crippen LogP contribution in [0.4, 0.5) is 4.39 Å². The molecule has 4 rings (SSSR count). The molecule has 1 N–H and O–H groups in total. The van der Waals surface area contributed by atoms with Gasteiger partial charge in [-0.25, -0.2) is 13.4 Å². The minimum atomic E-state index is -4.47. The van der Waals surface area contributed by atoms with Crippen molar-refractivity contribution in [2.24, 2.45) is 0 Å². The molecule has 0 spiro atoms. The molecular formula is C30H32FN3O5S. The van der Waals surface area contributed by atoms with Crippen LogP contribution in [0.5, 0.6) is 11.6 Å². The first-order valence-electron chi connectivity index (χ1n) is 13.1. The predicted octanol–water partition coefficient (Wildman–Crippen LogP) is 5.64. The van der Waals surface area contributed by atoms with Crippen molar-refractivity contribution < 1.29 is 22.7 Å². The van der Waals surface area contributed by atoms with Crippen molar-refractivity contribution in [1.29, 1.82) is 0 Å². The van der Waals surface area contributed by atoms with Crippen LogP contribution in [0.2, 0.25) is 0 Å². The smallest absolute Gasteiger partial charge is 0.277 e. The number of aryl methyl sites for hydroxylation is 1. The van der Waals surface area contributed by atoms with Gasteiger partial charge in [-0.3, -0.25) is 9.36 Å². The zero-order valence-corrected chi connectivity index (χ0v) is 23.7. The molecule has 2 heterocycles. The van der Waals surface area contributed by atoms with Gasteiger partial charge in [0.25, 0.3) is 5.56 Å². The fourth-order valence-corrected chi connectivity index (χ4v) is 6.13. The predicted molar refractivity (Wildman–Crippen MR) is 150 cm³/mol. The molecule has 0 aliphatic carbocycles. The fourth-order valence-electron chi connectivity index (χ4n) is 4.79. The third-order valence-electron chi connectivity index (χ3n) is 6.95. The number of aromatic nitrogens is 3. The number of pyridine rings is 1. The summed E-state index contributed by atoms with van der Waals surface area (Å²) < 4.78 is 48.2. The Morgan fingerprint density at radius 1 is 1.10 bits per heavy atom. The molecule has 0 aliphatic rings. The van der Waals surface area contributed by atoms with E-state index in [4.69, 9.17) is 4.74 Å². The van der Waals surface area contributed by atoms with Gasteiger partial charge in [-0.1, -0.05) is 44.5 Å². The summed E-state index contributed by atoms with van der Waals surface area (Å²) in [5.41, 5.74) is 1.38. The van der Waals surface area contributed by atoms with E-state index in [-0.39, 0.29) is 4.90 Å². The van der Waals surface area contributed by atoms with Gasteiger partial charge in [0.1, 0.15) is 11.6 Å². The number of nitrogens with zero attached hydrogens (tertiary/aromatic N) is 3. The van der Waals surface area contributed by atoms with Crippen molar-refractivity contribution in [2.75, 3.05) is 7.11 Å². The van der Waals surface area contributed by atoms with E-state index in [1.54, 1.807) is 38.3 Å². The Balaban J connectivity index is 1.87. The van der Waals surface area contributed by atoms with Crippen molar-refractivity contribution in [3.63, 3.8) is 0 Å². The Bertz CT molecular complexity index is 1690. The van der Waals surface area contributed by atoms with Gasteiger partial charge < -0.3 is 9.84 Å². The van der Waals surface area contributed by atoms with Gasteiger partial charge in [0.15, 0.2) is 4.90 Å². The zero-order valence-electron chi connectivity index (χ0n) is 22.9. The molecule has 2 aromatic carbocycles. The number of sulfone groups is 1. The van der Waals surface area contributed by atoms with E-state index < -0.39 is 38.2 Å². The van der Waals surface area contributed by atoms with Gasteiger partial charge in [0, 0.05) is 18.2 Å². The van der Waals surface area contributed by atoms with Crippen LogP contribution in [0.15, 0.2) is 75.4 Å². The number of halogens is 1. The third-order valence-corrected chi connectivity index (χ3v) is 8.73. The number of hydrogen-bond donors (Lipinski definition) is 1. The molecule has 10 heteroatoms. The lowest BCUT2D eigenvalue weighted by atomic mass is 10.0. The molecule has 0 amide bonds. The highest BCUT2D eigenvalue weighted by Gasteiger charge is 2.31. The summed E-state index contributed by atoms with van der Waals surface area (Å²) in [4.78, 5) is 20.9. The summed E-state index contributed by atoms with van der Waals surface area (Å²) in [7, 11) is -2.93. The van der Waals surface area contributed by atoms with Crippen molar-refractivity contribution >= 4 is 9.84 Å². The van der Waals surface area contributed by atoms with Gasteiger partial charge in [-0.2, -0.15) is 9.37 Å². The standard InChI is InChI=1S/C30H32FN3O5S/c1-5-7-11-26-33-29(35)27(30(36)34(26)25(6-2)21-9-8-10-22(18-21)39-4)40(37,38)23-14-12-20(13-15-23)24-16-17-32-28(31)19(24)3/h8-10,12-18,25,35H,5-7,11H2,1-4H3. The summed E-state index contributed by atoms with van der Waals surface area (Å²) in [5, 5.41) is 10.8. The summed E-state index contributed by atoms with van der Waals surface area (Å²) in [5.74, 6) is -0.536. The molecule has 0 fully saturated rings. The lowest BCUT2D eigenvalue weighted by Crippen LogP contribution is -2.33. The second-order valence-electron chi connectivity index (χ2n) is 9.46. The van der Waals surface area contributed by atoms with Crippen molar-refractivity contribution in [3.05, 3.63) is 94.0 Å². The van der Waals surface area contributed by atoms with E-state index >= 15 is 0 Å². The number of unbranched alkanes of at least 4 members (excludes halogenated alkanes) is 1. The van der Waals surface area contributed by atoms with Crippen LogP contribution in [0, 0.1) is 12.9 Å². The van der Waals surface area contributed by atoms with Crippen LogP contribution in [0.25, 0.3) is 11.1 Å². The van der Waals surface area contributed by atoms with Crippen LogP contribution in [-0.4, -0.2) is 35.2 Å². The maximum atomic E-state index is 14.0. The number of aromatic hydroxyl groups is 1. The van der Waals surface area contributed by atoms with Crippen LogP contribution >= 0.6 is 0 Å². The molecule has 2 aromatic heterocycles. The van der Waals surface area contributed by atoms with E-state index in [0.29, 0.717) is 47.5 Å². The Morgan fingerprint density at radius 3 is 2.48 bits per heavy atom. The number of benzene rings is 2. The first-order chi connectivity index (χ1) is 19.1. The Morgan fingerprint density at radius 2 is 1.82 bits per heavy atom. The average Bonchev–Trinajstić information content (AvgIpc) is 2.95. The highest BCUT2D eigenvalue weighted by molar-refractivity contribution is 7.91. The average molecular weight is 566 g/mol. The minimum Gasteiger partial charge on any atom is -0.497 e. The Hall–Kier alpha value is -4.05. The second-order valence-corrected chi connectivity index (χ2v) is 11.3. The van der Waals surface area contributed by atoms with Gasteiger partial charge in [0.05, 0.1) is 18.0 Å². The molecule has 1 unspecified atom stereocenters. The topological polar surface area (TPSA) is 111 Å². The highest BCUT2D eigenvalue weighted by Crippen LogP contribution is 2.31. The van der Waals surface area contributed by atoms with Crippen LogP contribution in [0.3, 0.4) is 0 Å². The SMILES string of the molecule is CCCCc1nc(O)c(S(=O)(=O)c2ccc(-c3ccnc(F)c3C)cc2)c(=O)n1C(CC)c1cccc(OC)c1. The maximum absolute atomic E-state index is 14.0. The highest BCUT2D eigenvalue weighted by atomic mass is 32.2. The lowest BCUT2D eigenvalue weighted by Gasteiger charge is -2.23. The molecular weight excluding hydrogens is 533 g/mol. The van der Waals surface area contributed by atoms with E-state index in [9.17, 15) is 22.7 Å². The first kappa shape index (κ1) is 28.9. The zero-order chi connectivity index (χ0) is 29.0. The number of methoxy groups -OCH3 is 1. The second kappa shape index (κ2) is 12.0. The molecule has 8 nitrogen and oxygen atoms in total. The van der Waals surface area contributed by atoms with Crippen molar-refractivity contribution in [2.45, 2.75) is 62.3 Å². The molecule has 4 aromatic rings. The molecule has 0 aliphatic heterocycles. The molecule has 0 bridgehead atoms. The summed E-state index contributed by atoms with van der Waals surface area (Å²) in [6.07, 6.45) is 3.70. The van der Waals surface area contributed by atoms with Gasteiger partial charge >= 0.3 is 0 Å². The van der Waals surface area contributed by atoms with E-state index in [0.717, 1.165) is 12.0 Å². The summed E-state index contributed by atoms with van der Waals surface area (Å²) in [6, 6.07) is 14.0. The quantitative estimate of drug-likeness (QED) is 0.248. The first-order valence-corrected chi connectivity index (χ1v) is 14.6. The molecule has 0 saturated heterocycles. The normalized spacial score (nSPS) is 12.3. The van der Waals surface area contributed by atoms with Crippen molar-refractivity contribution in [3.8, 4) is 22.8 Å². The number of hydrogen-bond acceptors (Lipinski definition) is 7. The van der Waals surface area contributed by atoms with Gasteiger partial charge in [-0.15, -0.1) is 0 Å². The van der Waals surface area contributed by atoms with Crippen LogP contribution in [-0.2, 0) is 16.3 Å². The number of rotatable bonds is 10. The van der Waals surface area contributed by atoms with E-state index in [2.05, 4.69) is 9.97 Å². The molecule has 0 radical (unpaired) electrons. The third kappa shape index (κ3) is 5.49. The van der Waals surface area contributed by atoms with Crippen molar-refractivity contribution in [1.82, 2.24) is 14.5 Å². The molecule has 40 heavy (non-hydrogen) atoms. The lowest BCUT2D eigenvalue weighted by molar-refractivity contribution is 0.402. The monoisotopic (exact) mass is 565 g/mol. The Labute approximate surface area is 233 Å². The molecule has 0 saturated carbocycles. The summed E-state index contributed by atoms with van der Waals surface area (Å²) >= 11 is 0. The van der Waals surface area contributed by atoms with E-state index in [1.807, 2.05) is 19.9 Å². The number of ether oxygens (including phenoxy) is 1. The minimum absolute atomic E-state index is 0.195. The van der Waals surface area contributed by atoms with Crippen LogP contribution < -0.4 is 10.3 Å². The maximum Gasteiger partial charge on any atom is 0.277 e. The van der Waals surface area contributed by atoms with Crippen LogP contribution in [0.1, 0.15) is 56.1 Å². The fraction of sp³-hybridized carbons (Fsp3) is 0.300.